The molecule has 0 atom stereocenters. The van der Waals surface area contributed by atoms with Crippen molar-refractivity contribution in [2.45, 2.75) is 13.5 Å². The van der Waals surface area contributed by atoms with Crippen LogP contribution in [0, 0.1) is 6.92 Å². The van der Waals surface area contributed by atoms with Crippen LogP contribution in [0.1, 0.15) is 11.1 Å². The second-order valence-corrected chi connectivity index (χ2v) is 5.89. The van der Waals surface area contributed by atoms with Gasteiger partial charge < -0.3 is 10.1 Å². The van der Waals surface area contributed by atoms with Crippen molar-refractivity contribution in [1.29, 1.82) is 0 Å². The van der Waals surface area contributed by atoms with Crippen LogP contribution in [-0.2, 0) is 6.54 Å². The maximum Gasteiger partial charge on any atom is 0.119 e. The maximum absolute atomic E-state index is 5.25. The van der Waals surface area contributed by atoms with E-state index in [1.807, 2.05) is 24.3 Å². The van der Waals surface area contributed by atoms with Crippen LogP contribution in [0.2, 0.25) is 0 Å². The molecule has 0 unspecified atom stereocenters. The molecule has 0 aliphatic rings. The SMILES string of the molecule is COc1ccc(Br)c(CNc2cccc(C)c2Br)c1. The van der Waals surface area contributed by atoms with E-state index in [4.69, 9.17) is 4.74 Å². The highest BCUT2D eigenvalue weighted by Crippen LogP contribution is 2.28. The van der Waals surface area contributed by atoms with Crippen LogP contribution in [0.4, 0.5) is 5.69 Å². The summed E-state index contributed by atoms with van der Waals surface area (Å²) in [6.07, 6.45) is 0. The van der Waals surface area contributed by atoms with Crippen molar-refractivity contribution in [3.8, 4) is 5.75 Å². The zero-order valence-corrected chi connectivity index (χ0v) is 14.0. The number of rotatable bonds is 4. The Kier molecular flexibility index (Phi) is 4.88. The Morgan fingerprint density at radius 3 is 2.68 bits per heavy atom. The molecule has 0 aliphatic heterocycles. The number of anilines is 1. The maximum atomic E-state index is 5.25. The minimum absolute atomic E-state index is 0.736. The third-order valence-electron chi connectivity index (χ3n) is 2.91. The lowest BCUT2D eigenvalue weighted by atomic mass is 10.2. The van der Waals surface area contributed by atoms with Gasteiger partial charge in [0.15, 0.2) is 0 Å². The molecule has 0 saturated heterocycles. The molecule has 0 aromatic heterocycles. The standard InChI is InChI=1S/C15H15Br2NO/c1-10-4-3-5-14(15(10)17)18-9-11-8-12(19-2)6-7-13(11)16/h3-8,18H,9H2,1-2H3. The summed E-state index contributed by atoms with van der Waals surface area (Å²) in [5.41, 5.74) is 3.47. The highest BCUT2D eigenvalue weighted by atomic mass is 79.9. The quantitative estimate of drug-likeness (QED) is 0.787. The first-order chi connectivity index (χ1) is 9.11. The molecule has 0 heterocycles. The Bertz CT molecular complexity index is 584. The summed E-state index contributed by atoms with van der Waals surface area (Å²) in [5, 5.41) is 3.43. The molecule has 0 spiro atoms. The van der Waals surface area contributed by atoms with E-state index in [2.05, 4.69) is 56.2 Å². The van der Waals surface area contributed by atoms with Crippen molar-refractivity contribution in [2.75, 3.05) is 12.4 Å². The number of hydrogen-bond acceptors (Lipinski definition) is 2. The van der Waals surface area contributed by atoms with Gasteiger partial charge in [0.1, 0.15) is 5.75 Å². The molecule has 2 rings (SSSR count). The van der Waals surface area contributed by atoms with Gasteiger partial charge in [-0.2, -0.15) is 0 Å². The molecule has 0 bridgehead atoms. The van der Waals surface area contributed by atoms with Crippen molar-refractivity contribution in [3.63, 3.8) is 0 Å². The molecule has 0 radical (unpaired) electrons. The molecule has 19 heavy (non-hydrogen) atoms. The highest BCUT2D eigenvalue weighted by Gasteiger charge is 2.05. The van der Waals surface area contributed by atoms with Gasteiger partial charge in [0, 0.05) is 21.2 Å². The smallest absolute Gasteiger partial charge is 0.119 e. The fourth-order valence-electron chi connectivity index (χ4n) is 1.79. The second kappa shape index (κ2) is 6.44. The van der Waals surface area contributed by atoms with E-state index in [1.54, 1.807) is 7.11 Å². The minimum Gasteiger partial charge on any atom is -0.497 e. The number of halogens is 2. The van der Waals surface area contributed by atoms with E-state index in [0.29, 0.717) is 0 Å². The fraction of sp³-hybridized carbons (Fsp3) is 0.200. The monoisotopic (exact) mass is 383 g/mol. The number of methoxy groups -OCH3 is 1. The molecule has 4 heteroatoms. The van der Waals surface area contributed by atoms with Crippen LogP contribution in [-0.4, -0.2) is 7.11 Å². The molecular formula is C15H15Br2NO. The lowest BCUT2D eigenvalue weighted by molar-refractivity contribution is 0.414. The summed E-state index contributed by atoms with van der Waals surface area (Å²) in [7, 11) is 1.68. The van der Waals surface area contributed by atoms with E-state index >= 15 is 0 Å². The van der Waals surface area contributed by atoms with Gasteiger partial charge in [0.25, 0.3) is 0 Å². The number of ether oxygens (including phenoxy) is 1. The van der Waals surface area contributed by atoms with Gasteiger partial charge in [-0.05, 0) is 58.2 Å². The number of benzene rings is 2. The van der Waals surface area contributed by atoms with Gasteiger partial charge in [0.05, 0.1) is 7.11 Å². The molecule has 0 fully saturated rings. The normalized spacial score (nSPS) is 10.3. The zero-order valence-electron chi connectivity index (χ0n) is 10.8. The van der Waals surface area contributed by atoms with Crippen LogP contribution in [0.25, 0.3) is 0 Å². The molecular weight excluding hydrogens is 370 g/mol. The van der Waals surface area contributed by atoms with Crippen molar-refractivity contribution in [3.05, 3.63) is 56.5 Å². The number of aryl methyl sites for hydroxylation is 1. The van der Waals surface area contributed by atoms with Crippen molar-refractivity contribution < 1.29 is 4.74 Å². The Morgan fingerprint density at radius 2 is 1.95 bits per heavy atom. The van der Waals surface area contributed by atoms with Gasteiger partial charge in [-0.15, -0.1) is 0 Å². The lowest BCUT2D eigenvalue weighted by Gasteiger charge is -2.12. The van der Waals surface area contributed by atoms with Crippen molar-refractivity contribution in [2.24, 2.45) is 0 Å². The van der Waals surface area contributed by atoms with Crippen LogP contribution < -0.4 is 10.1 Å². The molecule has 0 amide bonds. The minimum atomic E-state index is 0.736. The van der Waals surface area contributed by atoms with Crippen LogP contribution in [0.5, 0.6) is 5.75 Å². The van der Waals surface area contributed by atoms with Crippen LogP contribution >= 0.6 is 31.9 Å². The molecule has 2 aromatic rings. The van der Waals surface area contributed by atoms with Crippen molar-refractivity contribution >= 4 is 37.5 Å². The first-order valence-corrected chi connectivity index (χ1v) is 7.52. The van der Waals surface area contributed by atoms with E-state index in [1.165, 1.54) is 5.56 Å². The summed E-state index contributed by atoms with van der Waals surface area (Å²) in [6, 6.07) is 12.2. The average molecular weight is 385 g/mol. The van der Waals surface area contributed by atoms with Crippen LogP contribution in [0.3, 0.4) is 0 Å². The highest BCUT2D eigenvalue weighted by molar-refractivity contribution is 9.11. The predicted octanol–water partition coefficient (Wildman–Crippen LogP) is 5.14. The third kappa shape index (κ3) is 3.51. The Morgan fingerprint density at radius 1 is 1.16 bits per heavy atom. The third-order valence-corrected chi connectivity index (χ3v) is 4.74. The van der Waals surface area contributed by atoms with Gasteiger partial charge in [-0.25, -0.2) is 0 Å². The van der Waals surface area contributed by atoms with Gasteiger partial charge in [-0.1, -0.05) is 28.1 Å². The fourth-order valence-corrected chi connectivity index (χ4v) is 2.58. The summed E-state index contributed by atoms with van der Waals surface area (Å²) in [6.45, 7) is 2.82. The predicted molar refractivity (Wildman–Crippen MR) is 86.9 cm³/mol. The molecule has 2 nitrogen and oxygen atoms in total. The van der Waals surface area contributed by atoms with Gasteiger partial charge in [0.2, 0.25) is 0 Å². The second-order valence-electron chi connectivity index (χ2n) is 4.25. The summed E-state index contributed by atoms with van der Waals surface area (Å²) < 4.78 is 7.43. The Balaban J connectivity index is 2.16. The average Bonchev–Trinajstić information content (AvgIpc) is 2.42. The molecule has 1 N–H and O–H groups in total. The Labute approximate surface area is 130 Å². The first kappa shape index (κ1) is 14.4. The number of nitrogens with one attached hydrogen (secondary N) is 1. The van der Waals surface area contributed by atoms with Gasteiger partial charge >= 0.3 is 0 Å². The summed E-state index contributed by atoms with van der Waals surface area (Å²) >= 11 is 7.16. The van der Waals surface area contributed by atoms with Crippen molar-refractivity contribution in [1.82, 2.24) is 0 Å². The molecule has 2 aromatic carbocycles. The topological polar surface area (TPSA) is 21.3 Å². The number of hydrogen-bond donors (Lipinski definition) is 1. The zero-order chi connectivity index (χ0) is 13.8. The lowest BCUT2D eigenvalue weighted by Crippen LogP contribution is -2.01. The first-order valence-electron chi connectivity index (χ1n) is 5.93. The van der Waals surface area contributed by atoms with Crippen LogP contribution in [0.15, 0.2) is 45.3 Å². The Hall–Kier alpha value is -1.00. The summed E-state index contributed by atoms with van der Waals surface area (Å²) in [5.74, 6) is 0.864. The van der Waals surface area contributed by atoms with E-state index in [0.717, 1.165) is 32.5 Å². The molecule has 0 saturated carbocycles. The van der Waals surface area contributed by atoms with E-state index in [-0.39, 0.29) is 0 Å². The van der Waals surface area contributed by atoms with Gasteiger partial charge in [-0.3, -0.25) is 0 Å². The van der Waals surface area contributed by atoms with E-state index < -0.39 is 0 Å². The molecule has 0 aliphatic carbocycles. The molecule has 100 valence electrons. The largest absolute Gasteiger partial charge is 0.497 e. The summed E-state index contributed by atoms with van der Waals surface area (Å²) in [4.78, 5) is 0. The van der Waals surface area contributed by atoms with E-state index in [9.17, 15) is 0 Å².